The van der Waals surface area contributed by atoms with E-state index in [1.54, 1.807) is 0 Å². The molecule has 2 nitrogen and oxygen atoms in total. The summed E-state index contributed by atoms with van der Waals surface area (Å²) < 4.78 is 0. The molecule has 2 aromatic carbocycles. The molecule has 0 bridgehead atoms. The third kappa shape index (κ3) is 2.59. The zero-order valence-corrected chi connectivity index (χ0v) is 10.3. The molecular weight excluding hydrogens is 208 g/mol. The fraction of sp³-hybridized carbons (Fsp3) is 0.200. The van der Waals surface area contributed by atoms with Gasteiger partial charge >= 0.3 is 0 Å². The fourth-order valence-corrected chi connectivity index (χ4v) is 1.83. The van der Waals surface area contributed by atoms with Gasteiger partial charge in [0.15, 0.2) is 0 Å². The first-order valence-corrected chi connectivity index (χ1v) is 5.82. The van der Waals surface area contributed by atoms with Gasteiger partial charge in [-0.3, -0.25) is 0 Å². The minimum atomic E-state index is 0.761. The van der Waals surface area contributed by atoms with E-state index >= 15 is 0 Å². The number of hydrogen-bond acceptors (Lipinski definition) is 2. The first-order valence-electron chi connectivity index (χ1n) is 5.82. The zero-order valence-electron chi connectivity index (χ0n) is 10.3. The average molecular weight is 226 g/mol. The Morgan fingerprint density at radius 3 is 2.53 bits per heavy atom. The van der Waals surface area contributed by atoms with Crippen LogP contribution < -0.4 is 11.1 Å². The number of nitrogens with two attached hydrogens (primary N) is 1. The molecule has 0 aliphatic rings. The highest BCUT2D eigenvalue weighted by atomic mass is 14.9. The second-order valence-electron chi connectivity index (χ2n) is 4.30. The van der Waals surface area contributed by atoms with Crippen molar-refractivity contribution in [1.29, 1.82) is 0 Å². The van der Waals surface area contributed by atoms with Crippen LogP contribution in [0.1, 0.15) is 16.7 Å². The molecule has 0 fully saturated rings. The van der Waals surface area contributed by atoms with Gasteiger partial charge in [0, 0.05) is 17.9 Å². The van der Waals surface area contributed by atoms with E-state index in [1.807, 2.05) is 24.3 Å². The van der Waals surface area contributed by atoms with Gasteiger partial charge in [-0.25, -0.2) is 0 Å². The Hall–Kier alpha value is -1.96. The summed E-state index contributed by atoms with van der Waals surface area (Å²) in [6, 6.07) is 14.2. The van der Waals surface area contributed by atoms with Crippen LogP contribution in [0.4, 0.5) is 11.4 Å². The number of aryl methyl sites for hydroxylation is 1. The van der Waals surface area contributed by atoms with Gasteiger partial charge < -0.3 is 11.1 Å². The van der Waals surface area contributed by atoms with E-state index in [4.69, 9.17) is 5.73 Å². The van der Waals surface area contributed by atoms with Crippen LogP contribution in [-0.4, -0.2) is 0 Å². The topological polar surface area (TPSA) is 38.0 Å². The molecule has 0 aromatic heterocycles. The van der Waals surface area contributed by atoms with Crippen molar-refractivity contribution >= 4 is 11.4 Å². The molecule has 0 saturated carbocycles. The van der Waals surface area contributed by atoms with E-state index in [0.717, 1.165) is 17.8 Å². The maximum Gasteiger partial charge on any atom is 0.0421 e. The van der Waals surface area contributed by atoms with Crippen LogP contribution in [0.2, 0.25) is 0 Å². The number of anilines is 2. The molecule has 2 aromatic rings. The molecule has 0 saturated heterocycles. The van der Waals surface area contributed by atoms with Crippen LogP contribution in [0.5, 0.6) is 0 Å². The highest BCUT2D eigenvalue weighted by Gasteiger charge is 2.01. The molecule has 2 heteroatoms. The Kier molecular flexibility index (Phi) is 3.33. The average Bonchev–Trinajstić information content (AvgIpc) is 2.33. The Balaban J connectivity index is 2.13. The van der Waals surface area contributed by atoms with Gasteiger partial charge in [-0.1, -0.05) is 30.3 Å². The van der Waals surface area contributed by atoms with Crippen molar-refractivity contribution in [2.45, 2.75) is 20.4 Å². The van der Waals surface area contributed by atoms with E-state index in [9.17, 15) is 0 Å². The molecule has 0 aliphatic carbocycles. The van der Waals surface area contributed by atoms with Gasteiger partial charge in [0.1, 0.15) is 0 Å². The van der Waals surface area contributed by atoms with Crippen LogP contribution in [0.25, 0.3) is 0 Å². The summed E-state index contributed by atoms with van der Waals surface area (Å²) in [5, 5.41) is 3.43. The number of para-hydroxylation sites is 1. The number of nitrogen functional groups attached to an aromatic ring is 1. The van der Waals surface area contributed by atoms with Crippen LogP contribution >= 0.6 is 0 Å². The van der Waals surface area contributed by atoms with Gasteiger partial charge in [-0.15, -0.1) is 0 Å². The highest BCUT2D eigenvalue weighted by molar-refractivity contribution is 5.55. The quantitative estimate of drug-likeness (QED) is 0.786. The number of nitrogens with one attached hydrogen (secondary N) is 1. The van der Waals surface area contributed by atoms with Crippen LogP contribution in [-0.2, 0) is 6.54 Å². The fourth-order valence-electron chi connectivity index (χ4n) is 1.83. The van der Waals surface area contributed by atoms with Gasteiger partial charge in [-0.2, -0.15) is 0 Å². The molecule has 0 radical (unpaired) electrons. The first kappa shape index (κ1) is 11.5. The lowest BCUT2D eigenvalue weighted by Crippen LogP contribution is -2.04. The summed E-state index contributed by atoms with van der Waals surface area (Å²) in [7, 11) is 0. The van der Waals surface area contributed by atoms with Crippen LogP contribution in [0.3, 0.4) is 0 Å². The summed E-state index contributed by atoms with van der Waals surface area (Å²) in [5.74, 6) is 0. The van der Waals surface area contributed by atoms with Gasteiger partial charge in [-0.05, 0) is 42.7 Å². The highest BCUT2D eigenvalue weighted by Crippen LogP contribution is 2.20. The number of benzene rings is 2. The Morgan fingerprint density at radius 2 is 1.76 bits per heavy atom. The lowest BCUT2D eigenvalue weighted by Gasteiger charge is -2.12. The molecule has 0 amide bonds. The minimum absolute atomic E-state index is 0.761. The minimum Gasteiger partial charge on any atom is -0.398 e. The maximum atomic E-state index is 5.91. The standard InChI is InChI=1S/C15H18N2/c1-11-6-5-9-15(12(11)2)17-10-13-7-3-4-8-14(13)16/h3-9,17H,10,16H2,1-2H3. The number of rotatable bonds is 3. The van der Waals surface area contributed by atoms with E-state index < -0.39 is 0 Å². The Bertz CT molecular complexity index is 518. The summed E-state index contributed by atoms with van der Waals surface area (Å²) in [5.41, 5.74) is 11.7. The lowest BCUT2D eigenvalue weighted by atomic mass is 10.1. The monoisotopic (exact) mass is 226 g/mol. The van der Waals surface area contributed by atoms with Crippen molar-refractivity contribution in [3.63, 3.8) is 0 Å². The van der Waals surface area contributed by atoms with Crippen LogP contribution in [0, 0.1) is 13.8 Å². The van der Waals surface area contributed by atoms with Crippen LogP contribution in [0.15, 0.2) is 42.5 Å². The molecule has 88 valence electrons. The third-order valence-electron chi connectivity index (χ3n) is 3.13. The Labute approximate surface area is 102 Å². The summed E-state index contributed by atoms with van der Waals surface area (Å²) in [6.45, 7) is 5.01. The van der Waals surface area contributed by atoms with Crippen molar-refractivity contribution in [2.75, 3.05) is 11.1 Å². The second-order valence-corrected chi connectivity index (χ2v) is 4.30. The van der Waals surface area contributed by atoms with Gasteiger partial charge in [0.2, 0.25) is 0 Å². The molecule has 0 aliphatic heterocycles. The predicted molar refractivity (Wildman–Crippen MR) is 74.1 cm³/mol. The lowest BCUT2D eigenvalue weighted by molar-refractivity contribution is 1.14. The molecule has 2 rings (SSSR count). The third-order valence-corrected chi connectivity index (χ3v) is 3.13. The van der Waals surface area contributed by atoms with Crippen molar-refractivity contribution in [3.8, 4) is 0 Å². The van der Waals surface area contributed by atoms with E-state index in [0.29, 0.717) is 0 Å². The molecule has 17 heavy (non-hydrogen) atoms. The number of hydrogen-bond donors (Lipinski definition) is 2. The molecular formula is C15H18N2. The second kappa shape index (κ2) is 4.91. The van der Waals surface area contributed by atoms with Gasteiger partial charge in [0.05, 0.1) is 0 Å². The normalized spacial score (nSPS) is 10.2. The van der Waals surface area contributed by atoms with Crippen molar-refractivity contribution in [3.05, 3.63) is 59.2 Å². The SMILES string of the molecule is Cc1cccc(NCc2ccccc2N)c1C. The molecule has 3 N–H and O–H groups in total. The largest absolute Gasteiger partial charge is 0.398 e. The maximum absolute atomic E-state index is 5.91. The summed E-state index contributed by atoms with van der Waals surface area (Å²) >= 11 is 0. The summed E-state index contributed by atoms with van der Waals surface area (Å²) in [6.07, 6.45) is 0. The zero-order chi connectivity index (χ0) is 12.3. The molecule has 0 unspecified atom stereocenters. The van der Waals surface area contributed by atoms with Crippen molar-refractivity contribution < 1.29 is 0 Å². The smallest absolute Gasteiger partial charge is 0.0421 e. The van der Waals surface area contributed by atoms with Crippen molar-refractivity contribution in [1.82, 2.24) is 0 Å². The molecule has 0 spiro atoms. The first-order chi connectivity index (χ1) is 8.18. The Morgan fingerprint density at radius 1 is 1.00 bits per heavy atom. The van der Waals surface area contributed by atoms with Crippen molar-refractivity contribution in [2.24, 2.45) is 0 Å². The molecule has 0 atom stereocenters. The van der Waals surface area contributed by atoms with E-state index in [-0.39, 0.29) is 0 Å². The molecule has 0 heterocycles. The van der Waals surface area contributed by atoms with E-state index in [2.05, 4.69) is 37.4 Å². The predicted octanol–water partition coefficient (Wildman–Crippen LogP) is 3.50. The van der Waals surface area contributed by atoms with E-state index in [1.165, 1.54) is 16.8 Å². The summed E-state index contributed by atoms with van der Waals surface area (Å²) in [4.78, 5) is 0. The van der Waals surface area contributed by atoms with Gasteiger partial charge in [0.25, 0.3) is 0 Å².